The fraction of sp³-hybridized carbons (Fsp3) is 0.333. The zero-order valence-corrected chi connectivity index (χ0v) is 12.9. The molecule has 112 valence electrons. The largest absolute Gasteiger partial charge is 0.384 e. The van der Waals surface area contributed by atoms with Gasteiger partial charge in [0.05, 0.1) is 11.3 Å². The first kappa shape index (κ1) is 15.7. The molecule has 0 aliphatic rings. The molecule has 0 bridgehead atoms. The average Bonchev–Trinajstić information content (AvgIpc) is 3.00. The molecule has 0 fully saturated rings. The van der Waals surface area contributed by atoms with Crippen molar-refractivity contribution in [3.05, 3.63) is 47.5 Å². The van der Waals surface area contributed by atoms with Crippen LogP contribution in [-0.2, 0) is 4.74 Å². The van der Waals surface area contributed by atoms with E-state index in [0.29, 0.717) is 10.7 Å². The fourth-order valence-electron chi connectivity index (χ4n) is 1.81. The molecule has 1 aromatic heterocycles. The first-order valence-electron chi connectivity index (χ1n) is 6.49. The molecule has 6 heteroatoms. The van der Waals surface area contributed by atoms with Gasteiger partial charge in [-0.25, -0.2) is 9.67 Å². The highest BCUT2D eigenvalue weighted by molar-refractivity contribution is 6.30. The van der Waals surface area contributed by atoms with E-state index in [1.165, 1.54) is 17.3 Å². The van der Waals surface area contributed by atoms with Gasteiger partial charge in [-0.1, -0.05) is 23.7 Å². The van der Waals surface area contributed by atoms with E-state index in [1.54, 1.807) is 19.2 Å². The van der Waals surface area contributed by atoms with Crippen molar-refractivity contribution in [1.29, 1.82) is 0 Å². The summed E-state index contributed by atoms with van der Waals surface area (Å²) in [7, 11) is 1.56. The van der Waals surface area contributed by atoms with E-state index in [0.717, 1.165) is 5.56 Å². The standard InChI is InChI=1S/C15H18ClN3O2/c1-15(2,21-3)14(20)13(19-10-17-9-18-19)8-11-4-6-12(16)7-5-11/h4-10,14,20H,1-3H3. The first-order valence-corrected chi connectivity index (χ1v) is 6.87. The summed E-state index contributed by atoms with van der Waals surface area (Å²) in [6.07, 6.45) is 3.91. The number of halogens is 1. The lowest BCUT2D eigenvalue weighted by molar-refractivity contribution is -0.0539. The highest BCUT2D eigenvalue weighted by Gasteiger charge is 2.32. The summed E-state index contributed by atoms with van der Waals surface area (Å²) in [6.45, 7) is 3.62. The molecule has 5 nitrogen and oxygen atoms in total. The van der Waals surface area contributed by atoms with Gasteiger partial charge in [-0.05, 0) is 37.6 Å². The second kappa shape index (κ2) is 6.39. The molecule has 0 radical (unpaired) electrons. The predicted octanol–water partition coefficient (Wildman–Crippen LogP) is 2.72. The van der Waals surface area contributed by atoms with E-state index in [4.69, 9.17) is 16.3 Å². The van der Waals surface area contributed by atoms with Crippen LogP contribution in [0, 0.1) is 0 Å². The molecule has 0 amide bonds. The molecule has 21 heavy (non-hydrogen) atoms. The van der Waals surface area contributed by atoms with Crippen LogP contribution in [-0.4, -0.2) is 38.7 Å². The summed E-state index contributed by atoms with van der Waals surface area (Å²) < 4.78 is 6.89. The fourth-order valence-corrected chi connectivity index (χ4v) is 1.94. The van der Waals surface area contributed by atoms with Gasteiger partial charge < -0.3 is 9.84 Å². The summed E-state index contributed by atoms with van der Waals surface area (Å²) >= 11 is 5.89. The summed E-state index contributed by atoms with van der Waals surface area (Å²) in [5.41, 5.74) is 0.710. The van der Waals surface area contributed by atoms with Gasteiger partial charge in [-0.2, -0.15) is 5.10 Å². The van der Waals surface area contributed by atoms with Crippen LogP contribution in [0.3, 0.4) is 0 Å². The van der Waals surface area contributed by atoms with E-state index in [-0.39, 0.29) is 0 Å². The molecule has 1 N–H and O–H groups in total. The third-order valence-corrected chi connectivity index (χ3v) is 3.58. The molecule has 0 aliphatic heterocycles. The molecule has 0 saturated heterocycles. The van der Waals surface area contributed by atoms with E-state index in [2.05, 4.69) is 10.1 Å². The summed E-state index contributed by atoms with van der Waals surface area (Å²) in [5.74, 6) is 0. The van der Waals surface area contributed by atoms with Crippen molar-refractivity contribution in [2.75, 3.05) is 7.11 Å². The van der Waals surface area contributed by atoms with Crippen LogP contribution in [0.2, 0.25) is 5.02 Å². The van der Waals surface area contributed by atoms with Gasteiger partial charge in [0, 0.05) is 12.1 Å². The van der Waals surface area contributed by atoms with Gasteiger partial charge in [0.15, 0.2) is 0 Å². The van der Waals surface area contributed by atoms with E-state index in [1.807, 2.05) is 32.1 Å². The van der Waals surface area contributed by atoms with Gasteiger partial charge in [-0.15, -0.1) is 0 Å². The molecule has 1 aromatic carbocycles. The molecule has 0 spiro atoms. The highest BCUT2D eigenvalue weighted by atomic mass is 35.5. The van der Waals surface area contributed by atoms with Gasteiger partial charge in [0.25, 0.3) is 0 Å². The Balaban J connectivity index is 2.44. The SMILES string of the molecule is COC(C)(C)C(O)C(=Cc1ccc(Cl)cc1)n1cncn1. The number of benzene rings is 1. The Morgan fingerprint density at radius 3 is 2.57 bits per heavy atom. The molecule has 2 rings (SSSR count). The minimum absolute atomic E-state index is 0.571. The minimum atomic E-state index is -0.875. The highest BCUT2D eigenvalue weighted by Crippen LogP contribution is 2.25. The van der Waals surface area contributed by atoms with Crippen molar-refractivity contribution < 1.29 is 9.84 Å². The Kier molecular flexibility index (Phi) is 4.77. The number of methoxy groups -OCH3 is 1. The van der Waals surface area contributed by atoms with Crippen LogP contribution in [0.15, 0.2) is 36.9 Å². The topological polar surface area (TPSA) is 60.2 Å². The van der Waals surface area contributed by atoms with Crippen LogP contribution in [0.5, 0.6) is 0 Å². The van der Waals surface area contributed by atoms with Crippen LogP contribution < -0.4 is 0 Å². The number of rotatable bonds is 5. The third kappa shape index (κ3) is 3.69. The molecular weight excluding hydrogens is 290 g/mol. The molecular formula is C15H18ClN3O2. The van der Waals surface area contributed by atoms with Crippen LogP contribution in [0.4, 0.5) is 0 Å². The number of nitrogens with zero attached hydrogens (tertiary/aromatic N) is 3. The predicted molar refractivity (Wildman–Crippen MR) is 82.7 cm³/mol. The lowest BCUT2D eigenvalue weighted by Gasteiger charge is -2.30. The Morgan fingerprint density at radius 2 is 2.05 bits per heavy atom. The molecule has 0 saturated carbocycles. The number of hydrogen-bond donors (Lipinski definition) is 1. The van der Waals surface area contributed by atoms with Crippen molar-refractivity contribution >= 4 is 23.4 Å². The summed E-state index contributed by atoms with van der Waals surface area (Å²) in [5, 5.41) is 15.4. The quantitative estimate of drug-likeness (QED) is 0.922. The Morgan fingerprint density at radius 1 is 1.38 bits per heavy atom. The smallest absolute Gasteiger partial charge is 0.138 e. The van der Waals surface area contributed by atoms with Crippen LogP contribution in [0.25, 0.3) is 11.8 Å². The average molecular weight is 308 g/mol. The molecule has 2 aromatic rings. The molecule has 1 unspecified atom stereocenters. The Hall–Kier alpha value is -1.69. The van der Waals surface area contributed by atoms with Crippen molar-refractivity contribution in [1.82, 2.24) is 14.8 Å². The van der Waals surface area contributed by atoms with E-state index < -0.39 is 11.7 Å². The van der Waals surface area contributed by atoms with Crippen molar-refractivity contribution in [3.63, 3.8) is 0 Å². The zero-order chi connectivity index (χ0) is 15.5. The molecule has 1 heterocycles. The first-order chi connectivity index (χ1) is 9.94. The van der Waals surface area contributed by atoms with Gasteiger partial charge >= 0.3 is 0 Å². The van der Waals surface area contributed by atoms with Gasteiger partial charge in [0.1, 0.15) is 18.8 Å². The Bertz CT molecular complexity index is 606. The molecule has 0 aliphatic carbocycles. The summed E-state index contributed by atoms with van der Waals surface area (Å²) in [4.78, 5) is 3.93. The normalized spacial score (nSPS) is 14.2. The third-order valence-electron chi connectivity index (χ3n) is 3.33. The van der Waals surface area contributed by atoms with Gasteiger partial charge in [-0.3, -0.25) is 0 Å². The lowest BCUT2D eigenvalue weighted by atomic mass is 9.97. The van der Waals surface area contributed by atoms with Crippen molar-refractivity contribution in [2.24, 2.45) is 0 Å². The summed E-state index contributed by atoms with van der Waals surface area (Å²) in [6, 6.07) is 7.32. The number of aromatic nitrogens is 3. The van der Waals surface area contributed by atoms with Crippen LogP contribution >= 0.6 is 11.6 Å². The minimum Gasteiger partial charge on any atom is -0.384 e. The molecule has 1 atom stereocenters. The lowest BCUT2D eigenvalue weighted by Crippen LogP contribution is -2.40. The van der Waals surface area contributed by atoms with Crippen molar-refractivity contribution in [3.8, 4) is 0 Å². The van der Waals surface area contributed by atoms with Crippen molar-refractivity contribution in [2.45, 2.75) is 25.6 Å². The van der Waals surface area contributed by atoms with E-state index >= 15 is 0 Å². The van der Waals surface area contributed by atoms with E-state index in [9.17, 15) is 5.11 Å². The van der Waals surface area contributed by atoms with Crippen LogP contribution in [0.1, 0.15) is 19.4 Å². The second-order valence-corrected chi connectivity index (χ2v) is 5.61. The second-order valence-electron chi connectivity index (χ2n) is 5.17. The maximum absolute atomic E-state index is 10.6. The van der Waals surface area contributed by atoms with Gasteiger partial charge in [0.2, 0.25) is 0 Å². The maximum atomic E-state index is 10.6. The number of aliphatic hydroxyl groups is 1. The number of ether oxygens (including phenoxy) is 1. The maximum Gasteiger partial charge on any atom is 0.138 e. The monoisotopic (exact) mass is 307 g/mol. The number of hydrogen-bond acceptors (Lipinski definition) is 4. The Labute approximate surface area is 128 Å². The zero-order valence-electron chi connectivity index (χ0n) is 12.2. The number of aliphatic hydroxyl groups excluding tert-OH is 1.